The largest absolute Gasteiger partial charge is 0.490 e. The average Bonchev–Trinajstić information content (AvgIpc) is 3.59. The molecule has 12 atom stereocenters. The molecule has 0 radical (unpaired) electrons. The Morgan fingerprint density at radius 3 is 1.52 bits per heavy atom. The maximum Gasteiger partial charge on any atom is 0.490 e. The fourth-order valence-electron chi connectivity index (χ4n) is 5.28. The van der Waals surface area contributed by atoms with E-state index in [1.54, 1.807) is 0 Å². The molecule has 0 spiro atoms. The molecule has 1 aromatic heterocycles. The number of nitrogens with one attached hydrogen (secondary N) is 1. The number of aromatic nitrogens is 2. The number of aliphatic imine (C=N–C) groups is 1. The molecule has 29 nitrogen and oxygen atoms in total. The van der Waals surface area contributed by atoms with Gasteiger partial charge in [-0.25, -0.2) is 41.2 Å². The number of aliphatic hydroxyl groups excluding tert-OH is 2. The van der Waals surface area contributed by atoms with Crippen molar-refractivity contribution in [1.82, 2.24) is 14.5 Å². The average molecular weight is 1140 g/mol. The Bertz CT molecular complexity index is 2490. The highest BCUT2D eigenvalue weighted by Gasteiger charge is 2.61. The van der Waals surface area contributed by atoms with E-state index >= 15 is 0 Å². The number of halogens is 8. The van der Waals surface area contributed by atoms with Crippen molar-refractivity contribution in [2.45, 2.75) is 49.2 Å². The molecule has 2 fully saturated rings. The molecule has 0 saturated carbocycles. The topological polar surface area (TPSA) is 441 Å². The molecule has 0 aliphatic carbocycles. The zero-order valence-electron chi connectivity index (χ0n) is 31.0. The summed E-state index contributed by atoms with van der Waals surface area (Å²) in [5, 5.41) is 20.1. The van der Waals surface area contributed by atoms with Gasteiger partial charge in [-0.15, -0.1) is 0 Å². The van der Waals surface area contributed by atoms with Crippen molar-refractivity contribution in [3.63, 3.8) is 0 Å². The fourth-order valence-corrected chi connectivity index (χ4v) is 11.8. The van der Waals surface area contributed by atoms with Crippen LogP contribution in [-0.4, -0.2) is 126 Å². The summed E-state index contributed by atoms with van der Waals surface area (Å²) in [5.41, 5.74) is 5.20. The summed E-state index contributed by atoms with van der Waals surface area (Å²) in [4.78, 5) is 76.7. The Morgan fingerprint density at radius 1 is 0.727 bits per heavy atom. The van der Waals surface area contributed by atoms with Gasteiger partial charge in [0.05, 0.1) is 25.4 Å². The molecule has 0 bridgehead atoms. The van der Waals surface area contributed by atoms with Gasteiger partial charge in [0, 0.05) is 12.4 Å². The van der Waals surface area contributed by atoms with Crippen LogP contribution in [0.5, 0.6) is 0 Å². The van der Waals surface area contributed by atoms with Crippen molar-refractivity contribution in [2.75, 3.05) is 13.2 Å². The van der Waals surface area contributed by atoms with Gasteiger partial charge >= 0.3 is 59.3 Å². The van der Waals surface area contributed by atoms with Gasteiger partial charge in [-0.1, -0.05) is 18.8 Å². The number of aliphatic hydroxyl groups is 2. The number of phosphoric acid groups is 6. The van der Waals surface area contributed by atoms with Gasteiger partial charge in [0.15, 0.2) is 28.5 Å². The van der Waals surface area contributed by atoms with Crippen molar-refractivity contribution < 1.29 is 148 Å². The molecule has 3 aliphatic rings. The van der Waals surface area contributed by atoms with E-state index in [4.69, 9.17) is 56.8 Å². The van der Waals surface area contributed by atoms with Gasteiger partial charge in [0.25, 0.3) is 0 Å². The molecule has 2 saturated heterocycles. The third kappa shape index (κ3) is 16.8. The number of nitrogens with zero attached hydrogens (tertiary/aromatic N) is 3. The lowest BCUT2D eigenvalue weighted by atomic mass is 9.98. The SMILES string of the molecule is C=C1N=C(N)C(F)=CN1[C@@H]1O[C@H](COP(=O)(O)OP(=O)(O)OP(=O)(O)O)[C@H](O)C1C(F)(F)F.O=P(O)(O)OP(=O)(O)OP(=O)(O)OC[C@H]1O[C@@H](n2cc(F)c(=S)[nH]c2=S)C(C(F)(F)F)[C@H]1O. The lowest BCUT2D eigenvalue weighted by Gasteiger charge is -2.33. The van der Waals surface area contributed by atoms with Crippen molar-refractivity contribution >= 4 is 77.2 Å². The first-order valence-corrected chi connectivity index (χ1v) is 25.9. The third-order valence-corrected chi connectivity index (χ3v) is 15.9. The van der Waals surface area contributed by atoms with Crippen LogP contribution in [0.25, 0.3) is 0 Å². The van der Waals surface area contributed by atoms with Crippen LogP contribution in [0, 0.1) is 27.1 Å². The maximum atomic E-state index is 13.8. The lowest BCUT2D eigenvalue weighted by molar-refractivity contribution is -0.214. The Hall–Kier alpha value is -1.63. The molecular weight excluding hydrogens is 1110 g/mol. The van der Waals surface area contributed by atoms with E-state index in [1.165, 1.54) is 0 Å². The van der Waals surface area contributed by atoms with Crippen molar-refractivity contribution in [3.8, 4) is 0 Å². The second-order valence-electron chi connectivity index (χ2n) is 12.5. The highest BCUT2D eigenvalue weighted by molar-refractivity contribution is 7.72. The van der Waals surface area contributed by atoms with Crippen LogP contribution >= 0.6 is 71.4 Å². The molecule has 0 amide bonds. The van der Waals surface area contributed by atoms with E-state index in [0.29, 0.717) is 21.9 Å². The molecule has 13 N–H and O–H groups in total. The number of hydrogen-bond donors (Lipinski definition) is 12. The Kier molecular flexibility index (Phi) is 18.7. The Balaban J connectivity index is 0.000000350. The number of rotatable bonds is 16. The molecule has 0 aromatic carbocycles. The zero-order valence-corrected chi connectivity index (χ0v) is 38.0. The summed E-state index contributed by atoms with van der Waals surface area (Å²) in [6.07, 6.45) is -22.9. The van der Waals surface area contributed by atoms with E-state index in [-0.39, 0.29) is 0 Å². The van der Waals surface area contributed by atoms with Gasteiger partial charge in [-0.05, 0) is 12.2 Å². The van der Waals surface area contributed by atoms with E-state index < -0.39 is 154 Å². The van der Waals surface area contributed by atoms with Crippen molar-refractivity contribution in [3.05, 3.63) is 45.9 Å². The number of H-pyrrole nitrogens is 1. The minimum Gasteiger partial charge on any atom is -0.389 e. The number of hydrogen-bond acceptors (Lipinski definition) is 21. The van der Waals surface area contributed by atoms with Gasteiger partial charge in [-0.2, -0.15) is 43.6 Å². The number of nitrogens with two attached hydrogens (primary N) is 1. The third-order valence-electron chi connectivity index (χ3n) is 7.65. The molecule has 3 aliphatic heterocycles. The zero-order chi connectivity index (χ0) is 51.1. The quantitative estimate of drug-likeness (QED) is 0.0643. The minimum atomic E-state index is -5.89. The number of phosphoric ester groups is 2. The van der Waals surface area contributed by atoms with E-state index in [1.807, 2.05) is 0 Å². The minimum absolute atomic E-state index is 0.451. The first-order chi connectivity index (χ1) is 29.4. The Morgan fingerprint density at radius 2 is 1.12 bits per heavy atom. The van der Waals surface area contributed by atoms with Crippen LogP contribution in [0.2, 0.25) is 0 Å². The summed E-state index contributed by atoms with van der Waals surface area (Å²) in [5.74, 6) is -9.16. The van der Waals surface area contributed by atoms with Crippen LogP contribution in [-0.2, 0) is 63.2 Å². The van der Waals surface area contributed by atoms with Crippen LogP contribution in [0.3, 0.4) is 0 Å². The molecule has 1 aromatic rings. The lowest BCUT2D eigenvalue weighted by Crippen LogP contribution is -2.46. The normalized spacial score (nSPS) is 29.1. The summed E-state index contributed by atoms with van der Waals surface area (Å²) in [6, 6.07) is 0. The summed E-state index contributed by atoms with van der Waals surface area (Å²) in [6.45, 7) is 0.527. The van der Waals surface area contributed by atoms with Crippen LogP contribution < -0.4 is 5.73 Å². The van der Waals surface area contributed by atoms with Gasteiger partial charge in [-0.3, -0.25) is 13.6 Å². The van der Waals surface area contributed by atoms with E-state index in [0.717, 1.165) is 0 Å². The van der Waals surface area contributed by atoms with Gasteiger partial charge in [0.2, 0.25) is 0 Å². The first-order valence-electron chi connectivity index (χ1n) is 16.0. The number of alkyl halides is 6. The molecular formula is C21H29F8N5O24P6S2. The van der Waals surface area contributed by atoms with Crippen LogP contribution in [0.4, 0.5) is 35.1 Å². The number of amidine groups is 1. The first kappa shape index (κ1) is 58.7. The highest BCUT2D eigenvalue weighted by Crippen LogP contribution is 2.67. The number of aromatic amines is 1. The van der Waals surface area contributed by atoms with Gasteiger partial charge < -0.3 is 74.5 Å². The molecule has 4 rings (SSSR count). The molecule has 6 unspecified atom stereocenters. The highest BCUT2D eigenvalue weighted by atomic mass is 32.1. The second-order valence-corrected chi connectivity index (χ2v) is 22.1. The predicted molar refractivity (Wildman–Crippen MR) is 196 cm³/mol. The molecule has 4 heterocycles. The standard InChI is InChI=1S/C11H16F4N3O12P3.C10H13F4N2O12P3S2/c1-4-17-9(16)5(12)2-18(4)10-7(11(13,14)15)8(19)6(28-10)3-27-32(23,24)30-33(25,26)29-31(20,21)22;11-3-1-16(9(33)15-7(3)32)8-5(10(12,13)14)6(17)4(26-8)2-25-30(21,22)28-31(23,24)27-29(18,19)20/h2,6-8,10,19H,1,3H2,(H2,16,17)(H,23,24)(H,25,26)(H2,20,21,22);1,4-6,8,17H,2H2,(H,21,22)(H,23,24)(H,15,32,33)(H2,18,19,20)/t6-,7?,8+,10-;4-,5?,6+,8-/m11/s1. The predicted octanol–water partition coefficient (Wildman–Crippen LogP) is 2.74. The van der Waals surface area contributed by atoms with Crippen molar-refractivity contribution in [1.29, 1.82) is 0 Å². The van der Waals surface area contributed by atoms with Crippen LogP contribution in [0.1, 0.15) is 6.23 Å². The number of ether oxygens (including phenoxy) is 2. The van der Waals surface area contributed by atoms with E-state index in [2.05, 4.69) is 55.1 Å². The molecule has 380 valence electrons. The van der Waals surface area contributed by atoms with Crippen LogP contribution in [0.15, 0.2) is 35.6 Å². The molecule has 66 heavy (non-hydrogen) atoms. The monoisotopic (exact) mass is 1140 g/mol. The van der Waals surface area contributed by atoms with Crippen molar-refractivity contribution in [2.24, 2.45) is 22.6 Å². The molecule has 45 heteroatoms. The smallest absolute Gasteiger partial charge is 0.389 e. The summed E-state index contributed by atoms with van der Waals surface area (Å²) >= 11 is 9.35. The summed E-state index contributed by atoms with van der Waals surface area (Å²) < 4.78 is 208. The van der Waals surface area contributed by atoms with Gasteiger partial charge in [0.1, 0.15) is 40.7 Å². The fraction of sp³-hybridized carbons (Fsp3) is 0.571. The maximum absolute atomic E-state index is 13.8. The van der Waals surface area contributed by atoms with E-state index in [9.17, 15) is 82.5 Å². The Labute approximate surface area is 369 Å². The summed E-state index contributed by atoms with van der Waals surface area (Å²) in [7, 11) is -34.6. The second kappa shape index (κ2) is 21.0.